The van der Waals surface area contributed by atoms with E-state index >= 15 is 0 Å². The third-order valence-electron chi connectivity index (χ3n) is 4.17. The molecule has 1 N–H and O–H groups in total. The number of nitrogens with zero attached hydrogens (tertiary/aromatic N) is 2. The quantitative estimate of drug-likeness (QED) is 0.831. The fraction of sp³-hybridized carbons (Fsp3) is 0.375. The molecule has 0 unspecified atom stereocenters. The lowest BCUT2D eigenvalue weighted by atomic mass is 9.96. The van der Waals surface area contributed by atoms with Crippen LogP contribution in [-0.4, -0.2) is 40.2 Å². The Morgan fingerprint density at radius 3 is 2.64 bits per heavy atom. The van der Waals surface area contributed by atoms with Crippen molar-refractivity contribution < 1.29 is 27.5 Å². The Morgan fingerprint density at radius 2 is 2.04 bits per heavy atom. The lowest BCUT2D eigenvalue weighted by Crippen LogP contribution is -2.33. The van der Waals surface area contributed by atoms with Gasteiger partial charge in [-0.25, -0.2) is 9.37 Å². The van der Waals surface area contributed by atoms with Crippen molar-refractivity contribution in [2.45, 2.75) is 12.7 Å². The molecule has 2 atom stereocenters. The monoisotopic (exact) mass is 374 g/mol. The van der Waals surface area contributed by atoms with Crippen LogP contribution in [0.1, 0.15) is 5.69 Å². The first-order valence-electron chi connectivity index (χ1n) is 7.47. The number of carboxylic acid groups (broad SMARTS) is 1. The Morgan fingerprint density at radius 1 is 1.32 bits per heavy atom. The van der Waals surface area contributed by atoms with Gasteiger partial charge in [0.05, 0.1) is 17.5 Å². The van der Waals surface area contributed by atoms with Crippen LogP contribution in [0.4, 0.5) is 17.6 Å². The molecule has 9 heteroatoms. The highest BCUT2D eigenvalue weighted by Crippen LogP contribution is 2.38. The number of thiazole rings is 1. The van der Waals surface area contributed by atoms with Gasteiger partial charge in [-0.3, -0.25) is 9.69 Å². The number of hydrogen-bond donors (Lipinski definition) is 1. The normalized spacial score (nSPS) is 21.6. The van der Waals surface area contributed by atoms with Crippen LogP contribution in [-0.2, 0) is 11.3 Å². The number of rotatable bonds is 4. The average Bonchev–Trinajstić information content (AvgIpc) is 3.15. The van der Waals surface area contributed by atoms with Crippen molar-refractivity contribution in [3.8, 4) is 10.6 Å². The number of alkyl halides is 3. The van der Waals surface area contributed by atoms with E-state index in [2.05, 4.69) is 4.98 Å². The average molecular weight is 374 g/mol. The molecule has 0 radical (unpaired) electrons. The van der Waals surface area contributed by atoms with Gasteiger partial charge in [0.1, 0.15) is 10.8 Å². The minimum absolute atomic E-state index is 0.0985. The fourth-order valence-corrected chi connectivity index (χ4v) is 3.80. The largest absolute Gasteiger partial charge is 0.481 e. The summed E-state index contributed by atoms with van der Waals surface area (Å²) in [5.41, 5.74) is 0.826. The molecule has 0 amide bonds. The number of benzene rings is 1. The number of carboxylic acids is 1. The van der Waals surface area contributed by atoms with E-state index in [0.717, 1.165) is 0 Å². The predicted octanol–water partition coefficient (Wildman–Crippen LogP) is 3.64. The first kappa shape index (κ1) is 17.8. The molecule has 1 saturated heterocycles. The van der Waals surface area contributed by atoms with Gasteiger partial charge in [-0.1, -0.05) is 12.1 Å². The van der Waals surface area contributed by atoms with E-state index in [1.807, 2.05) is 0 Å². The lowest BCUT2D eigenvalue weighted by Gasteiger charge is -2.18. The number of likely N-dealkylation sites (tertiary alicyclic amines) is 1. The van der Waals surface area contributed by atoms with E-state index in [9.17, 15) is 22.4 Å². The number of aromatic nitrogens is 1. The van der Waals surface area contributed by atoms with Gasteiger partial charge in [-0.2, -0.15) is 13.2 Å². The second kappa shape index (κ2) is 6.72. The van der Waals surface area contributed by atoms with Crippen LogP contribution in [0.5, 0.6) is 0 Å². The summed E-state index contributed by atoms with van der Waals surface area (Å²) in [6.45, 7) is -0.472. The third kappa shape index (κ3) is 3.82. The molecule has 1 aromatic carbocycles. The molecule has 25 heavy (non-hydrogen) atoms. The Hall–Kier alpha value is -2.00. The van der Waals surface area contributed by atoms with Crippen molar-refractivity contribution in [3.63, 3.8) is 0 Å². The van der Waals surface area contributed by atoms with E-state index in [-0.39, 0.29) is 19.6 Å². The molecule has 0 aliphatic carbocycles. The Labute approximate surface area is 144 Å². The maximum Gasteiger partial charge on any atom is 0.393 e. The standard InChI is InChI=1S/C16H14F4N2O2S/c17-13-4-2-1-3-10(13)14-21-9(8-25-14)5-22-6-11(15(23)24)12(7-22)16(18,19)20/h1-4,8,11-12H,5-7H2,(H,23,24)/t11-,12-/m1/s1. The van der Waals surface area contributed by atoms with Gasteiger partial charge in [-0.15, -0.1) is 11.3 Å². The van der Waals surface area contributed by atoms with Gasteiger partial charge in [0, 0.05) is 30.6 Å². The van der Waals surface area contributed by atoms with Crippen molar-refractivity contribution in [1.29, 1.82) is 0 Å². The van der Waals surface area contributed by atoms with Gasteiger partial charge in [0.2, 0.25) is 0 Å². The fourth-order valence-electron chi connectivity index (χ4n) is 2.96. The summed E-state index contributed by atoms with van der Waals surface area (Å²) in [6, 6.07) is 6.11. The highest BCUT2D eigenvalue weighted by atomic mass is 32.1. The van der Waals surface area contributed by atoms with Crippen LogP contribution in [0.3, 0.4) is 0 Å². The van der Waals surface area contributed by atoms with Crippen LogP contribution in [0.15, 0.2) is 29.6 Å². The zero-order chi connectivity index (χ0) is 18.2. The molecule has 4 nitrogen and oxygen atoms in total. The topological polar surface area (TPSA) is 53.4 Å². The van der Waals surface area contributed by atoms with E-state index < -0.39 is 29.8 Å². The first-order valence-corrected chi connectivity index (χ1v) is 8.35. The highest BCUT2D eigenvalue weighted by molar-refractivity contribution is 7.13. The number of halogens is 4. The van der Waals surface area contributed by atoms with Gasteiger partial charge in [0.15, 0.2) is 0 Å². The number of hydrogen-bond acceptors (Lipinski definition) is 4. The summed E-state index contributed by atoms with van der Waals surface area (Å²) in [6.07, 6.45) is -4.56. The van der Waals surface area contributed by atoms with E-state index in [1.54, 1.807) is 23.6 Å². The van der Waals surface area contributed by atoms with Crippen molar-refractivity contribution in [3.05, 3.63) is 41.2 Å². The minimum Gasteiger partial charge on any atom is -0.481 e. The molecular formula is C16H14F4N2O2S. The van der Waals surface area contributed by atoms with Crippen LogP contribution < -0.4 is 0 Å². The number of carbonyl (C=O) groups is 1. The zero-order valence-corrected chi connectivity index (χ0v) is 13.6. The summed E-state index contributed by atoms with van der Waals surface area (Å²) in [5, 5.41) is 11.1. The number of aliphatic carboxylic acids is 1. The van der Waals surface area contributed by atoms with Crippen LogP contribution in [0, 0.1) is 17.7 Å². The van der Waals surface area contributed by atoms with Crippen LogP contribution in [0.2, 0.25) is 0 Å². The Kier molecular flexibility index (Phi) is 4.79. The predicted molar refractivity (Wildman–Crippen MR) is 83.5 cm³/mol. The van der Waals surface area contributed by atoms with E-state index in [0.29, 0.717) is 16.3 Å². The van der Waals surface area contributed by atoms with Gasteiger partial charge in [0.25, 0.3) is 0 Å². The van der Waals surface area contributed by atoms with Crippen LogP contribution >= 0.6 is 11.3 Å². The smallest absolute Gasteiger partial charge is 0.393 e. The van der Waals surface area contributed by atoms with Crippen molar-refractivity contribution >= 4 is 17.3 Å². The summed E-state index contributed by atoms with van der Waals surface area (Å²) in [7, 11) is 0. The van der Waals surface area contributed by atoms with E-state index in [1.165, 1.54) is 22.3 Å². The second-order valence-corrected chi connectivity index (χ2v) is 6.77. The van der Waals surface area contributed by atoms with Gasteiger partial charge >= 0.3 is 12.1 Å². The molecule has 2 heterocycles. The zero-order valence-electron chi connectivity index (χ0n) is 12.8. The van der Waals surface area contributed by atoms with Crippen LogP contribution in [0.25, 0.3) is 10.6 Å². The minimum atomic E-state index is -4.56. The molecule has 0 spiro atoms. The summed E-state index contributed by atoms with van der Waals surface area (Å²) < 4.78 is 52.8. The third-order valence-corrected chi connectivity index (χ3v) is 5.10. The first-order chi connectivity index (χ1) is 11.8. The molecule has 1 aromatic heterocycles. The summed E-state index contributed by atoms with van der Waals surface area (Å²) in [4.78, 5) is 16.8. The van der Waals surface area contributed by atoms with Gasteiger partial charge in [-0.05, 0) is 12.1 Å². The van der Waals surface area contributed by atoms with Crippen molar-refractivity contribution in [2.75, 3.05) is 13.1 Å². The van der Waals surface area contributed by atoms with Crippen molar-refractivity contribution in [1.82, 2.24) is 9.88 Å². The molecule has 2 aromatic rings. The molecule has 0 bridgehead atoms. The Balaban J connectivity index is 1.74. The SMILES string of the molecule is O=C(O)[C@@H]1CN(Cc2csc(-c3ccccc3F)n2)C[C@H]1C(F)(F)F. The molecular weight excluding hydrogens is 360 g/mol. The maximum atomic E-state index is 13.8. The highest BCUT2D eigenvalue weighted by Gasteiger charge is 2.52. The van der Waals surface area contributed by atoms with Gasteiger partial charge < -0.3 is 5.11 Å². The van der Waals surface area contributed by atoms with E-state index in [4.69, 9.17) is 5.11 Å². The molecule has 0 saturated carbocycles. The lowest BCUT2D eigenvalue weighted by molar-refractivity contribution is -0.188. The summed E-state index contributed by atoms with van der Waals surface area (Å²) in [5.74, 6) is -5.25. The molecule has 134 valence electrons. The Bertz CT molecular complexity index is 777. The molecule has 1 aliphatic heterocycles. The van der Waals surface area contributed by atoms with Crippen molar-refractivity contribution in [2.24, 2.45) is 11.8 Å². The molecule has 3 rings (SSSR count). The molecule has 1 aliphatic rings. The maximum absolute atomic E-state index is 13.8. The molecule has 1 fully saturated rings. The second-order valence-electron chi connectivity index (χ2n) is 5.91. The summed E-state index contributed by atoms with van der Waals surface area (Å²) >= 11 is 1.20.